The van der Waals surface area contributed by atoms with Crippen molar-refractivity contribution in [1.29, 1.82) is 0 Å². The number of phenolic OH excluding ortho intramolecular Hbond substituents is 1. The van der Waals surface area contributed by atoms with Crippen LogP contribution in [0.1, 0.15) is 55.6 Å². The summed E-state index contributed by atoms with van der Waals surface area (Å²) in [5, 5.41) is 18.7. The average molecular weight is 292 g/mol. The predicted molar refractivity (Wildman–Crippen MR) is 80.3 cm³/mol. The Bertz CT molecular complexity index is 464. The summed E-state index contributed by atoms with van der Waals surface area (Å²) in [6, 6.07) is 5.63. The first-order chi connectivity index (χ1) is 10.2. The van der Waals surface area contributed by atoms with Crippen molar-refractivity contribution in [2.45, 2.75) is 50.9 Å². The van der Waals surface area contributed by atoms with Crippen LogP contribution in [0.2, 0.25) is 0 Å². The Kier molecular flexibility index (Phi) is 6.05. The van der Waals surface area contributed by atoms with E-state index < -0.39 is 0 Å². The summed E-state index contributed by atoms with van der Waals surface area (Å²) in [6.45, 7) is -0.0848. The Hall–Kier alpha value is -1.55. The number of carbonyl (C=O) groups is 1. The van der Waals surface area contributed by atoms with Crippen LogP contribution in [0.25, 0.3) is 0 Å². The van der Waals surface area contributed by atoms with Crippen molar-refractivity contribution >= 4 is 5.97 Å². The number of hydrogen-bond donors (Lipinski definition) is 2. The van der Waals surface area contributed by atoms with Gasteiger partial charge in [0.15, 0.2) is 0 Å². The van der Waals surface area contributed by atoms with Gasteiger partial charge in [-0.15, -0.1) is 0 Å². The number of aromatic hydroxyl groups is 1. The molecule has 0 aliphatic heterocycles. The van der Waals surface area contributed by atoms with Gasteiger partial charge in [0.1, 0.15) is 12.4 Å². The van der Waals surface area contributed by atoms with Gasteiger partial charge < -0.3 is 14.9 Å². The monoisotopic (exact) mass is 292 g/mol. The third kappa shape index (κ3) is 4.74. The normalized spacial score (nSPS) is 15.9. The molecule has 2 N–H and O–H groups in total. The average Bonchev–Trinajstić information content (AvgIpc) is 2.53. The van der Waals surface area contributed by atoms with E-state index in [9.17, 15) is 9.90 Å². The van der Waals surface area contributed by atoms with Crippen molar-refractivity contribution in [2.24, 2.45) is 0 Å². The van der Waals surface area contributed by atoms with E-state index in [1.807, 2.05) is 12.1 Å². The molecule has 0 atom stereocenters. The Labute approximate surface area is 125 Å². The first-order valence-electron chi connectivity index (χ1n) is 7.79. The van der Waals surface area contributed by atoms with Crippen molar-refractivity contribution < 1.29 is 19.7 Å². The summed E-state index contributed by atoms with van der Waals surface area (Å²) in [4.78, 5) is 11.4. The smallest absolute Gasteiger partial charge is 0.306 e. The third-order valence-corrected chi connectivity index (χ3v) is 4.11. The summed E-state index contributed by atoms with van der Waals surface area (Å²) >= 11 is 0. The third-order valence-electron chi connectivity index (χ3n) is 4.11. The van der Waals surface area contributed by atoms with Crippen LogP contribution in [-0.4, -0.2) is 29.4 Å². The van der Waals surface area contributed by atoms with E-state index in [2.05, 4.69) is 0 Å². The van der Waals surface area contributed by atoms with Crippen LogP contribution in [0.5, 0.6) is 5.75 Å². The maximum Gasteiger partial charge on any atom is 0.306 e. The van der Waals surface area contributed by atoms with Crippen molar-refractivity contribution in [2.75, 3.05) is 13.2 Å². The number of rotatable bonds is 6. The summed E-state index contributed by atoms with van der Waals surface area (Å²) in [5.41, 5.74) is 2.07. The standard InChI is InChI=1S/C17H24O4/c18-10-11-21-17(20)9-7-13-6-8-16(19)15(12-13)14-4-2-1-3-5-14/h6,8,12,14,18-19H,1-5,7,9-11H2. The molecule has 0 unspecified atom stereocenters. The van der Waals surface area contributed by atoms with Crippen LogP contribution in [0.4, 0.5) is 0 Å². The van der Waals surface area contributed by atoms with Crippen molar-refractivity contribution in [3.63, 3.8) is 0 Å². The molecule has 21 heavy (non-hydrogen) atoms. The lowest BCUT2D eigenvalue weighted by molar-refractivity contribution is -0.144. The fourth-order valence-electron chi connectivity index (χ4n) is 2.98. The highest BCUT2D eigenvalue weighted by molar-refractivity contribution is 5.69. The predicted octanol–water partition coefficient (Wildman–Crippen LogP) is 2.91. The number of carbonyl (C=O) groups excluding carboxylic acids is 1. The van der Waals surface area contributed by atoms with Gasteiger partial charge in [-0.1, -0.05) is 31.4 Å². The summed E-state index contributed by atoms with van der Waals surface area (Å²) in [7, 11) is 0. The van der Waals surface area contributed by atoms with E-state index in [4.69, 9.17) is 9.84 Å². The largest absolute Gasteiger partial charge is 0.508 e. The van der Waals surface area contributed by atoms with Gasteiger partial charge in [-0.2, -0.15) is 0 Å². The SMILES string of the molecule is O=C(CCc1ccc(O)c(C2CCCCC2)c1)OCCO. The molecule has 0 radical (unpaired) electrons. The quantitative estimate of drug-likeness (QED) is 0.791. The molecule has 1 aromatic rings. The number of hydrogen-bond acceptors (Lipinski definition) is 4. The number of aliphatic hydroxyl groups excluding tert-OH is 1. The molecule has 0 heterocycles. The Morgan fingerprint density at radius 3 is 2.71 bits per heavy atom. The van der Waals surface area contributed by atoms with Gasteiger partial charge in [-0.25, -0.2) is 0 Å². The van der Waals surface area contributed by atoms with Gasteiger partial charge in [-0.3, -0.25) is 4.79 Å². The van der Waals surface area contributed by atoms with Gasteiger partial charge in [0.05, 0.1) is 6.61 Å². The number of phenols is 1. The topological polar surface area (TPSA) is 66.8 Å². The van der Waals surface area contributed by atoms with Crippen LogP contribution in [0.15, 0.2) is 18.2 Å². The van der Waals surface area contributed by atoms with Gasteiger partial charge in [0.2, 0.25) is 0 Å². The first kappa shape index (κ1) is 15.8. The molecule has 0 amide bonds. The van der Waals surface area contributed by atoms with Crippen LogP contribution < -0.4 is 0 Å². The molecule has 0 bridgehead atoms. The molecular formula is C17H24O4. The molecule has 1 aliphatic rings. The second-order valence-electron chi connectivity index (χ2n) is 5.67. The van der Waals surface area contributed by atoms with Gasteiger partial charge in [-0.05, 0) is 42.4 Å². The zero-order valence-electron chi connectivity index (χ0n) is 12.4. The molecule has 0 spiro atoms. The summed E-state index contributed by atoms with van der Waals surface area (Å²) in [5.74, 6) is 0.518. The Morgan fingerprint density at radius 1 is 1.24 bits per heavy atom. The second kappa shape index (κ2) is 8.03. The fourth-order valence-corrected chi connectivity index (χ4v) is 2.98. The minimum absolute atomic E-state index is 0.0573. The molecule has 2 rings (SSSR count). The number of benzene rings is 1. The Balaban J connectivity index is 1.96. The Morgan fingerprint density at radius 2 is 2.00 bits per heavy atom. The molecule has 1 aromatic carbocycles. The van der Waals surface area contributed by atoms with Gasteiger partial charge in [0.25, 0.3) is 0 Å². The lowest BCUT2D eigenvalue weighted by Gasteiger charge is -2.23. The van der Waals surface area contributed by atoms with E-state index in [-0.39, 0.29) is 19.2 Å². The lowest BCUT2D eigenvalue weighted by Crippen LogP contribution is -2.09. The highest BCUT2D eigenvalue weighted by Crippen LogP contribution is 2.37. The van der Waals surface area contributed by atoms with Crippen LogP contribution in [-0.2, 0) is 16.0 Å². The molecule has 116 valence electrons. The number of esters is 1. The van der Waals surface area contributed by atoms with Crippen LogP contribution in [0.3, 0.4) is 0 Å². The summed E-state index contributed by atoms with van der Waals surface area (Å²) < 4.78 is 4.84. The van der Waals surface area contributed by atoms with E-state index >= 15 is 0 Å². The van der Waals surface area contributed by atoms with Crippen LogP contribution in [0, 0.1) is 0 Å². The van der Waals surface area contributed by atoms with E-state index in [1.54, 1.807) is 6.07 Å². The molecule has 0 aromatic heterocycles. The van der Waals surface area contributed by atoms with Gasteiger partial charge in [0, 0.05) is 6.42 Å². The van der Waals surface area contributed by atoms with Crippen molar-refractivity contribution in [3.8, 4) is 5.75 Å². The summed E-state index contributed by atoms with van der Waals surface area (Å²) in [6.07, 6.45) is 6.90. The molecule has 1 aliphatic carbocycles. The van der Waals surface area contributed by atoms with E-state index in [1.165, 1.54) is 19.3 Å². The number of aliphatic hydroxyl groups is 1. The van der Waals surface area contributed by atoms with Gasteiger partial charge >= 0.3 is 5.97 Å². The second-order valence-corrected chi connectivity index (χ2v) is 5.67. The maximum atomic E-state index is 11.4. The van der Waals surface area contributed by atoms with Crippen molar-refractivity contribution in [1.82, 2.24) is 0 Å². The van der Waals surface area contributed by atoms with Crippen molar-refractivity contribution in [3.05, 3.63) is 29.3 Å². The van der Waals surface area contributed by atoms with E-state index in [0.29, 0.717) is 24.5 Å². The van der Waals surface area contributed by atoms with Crippen LogP contribution >= 0.6 is 0 Å². The molecule has 1 saturated carbocycles. The first-order valence-corrected chi connectivity index (χ1v) is 7.79. The van der Waals surface area contributed by atoms with E-state index in [0.717, 1.165) is 24.0 Å². The minimum Gasteiger partial charge on any atom is -0.508 e. The molecule has 4 nitrogen and oxygen atoms in total. The molecular weight excluding hydrogens is 268 g/mol. The zero-order chi connectivity index (χ0) is 15.1. The molecule has 4 heteroatoms. The number of ether oxygens (including phenoxy) is 1. The number of aryl methyl sites for hydroxylation is 1. The highest BCUT2D eigenvalue weighted by atomic mass is 16.5. The minimum atomic E-state index is -0.295. The molecule has 0 saturated heterocycles. The zero-order valence-corrected chi connectivity index (χ0v) is 12.4. The highest BCUT2D eigenvalue weighted by Gasteiger charge is 2.19. The fraction of sp³-hybridized carbons (Fsp3) is 0.588. The maximum absolute atomic E-state index is 11.4. The lowest BCUT2D eigenvalue weighted by atomic mass is 9.83. The molecule has 1 fully saturated rings.